The van der Waals surface area contributed by atoms with Gasteiger partial charge in [-0.2, -0.15) is 5.10 Å². The Morgan fingerprint density at radius 2 is 2.25 bits per heavy atom. The van der Waals surface area contributed by atoms with Gasteiger partial charge in [0.1, 0.15) is 5.82 Å². The number of carbonyl (C=O) groups is 1. The van der Waals surface area contributed by atoms with Gasteiger partial charge in [0.2, 0.25) is 5.91 Å². The first kappa shape index (κ1) is 10.9. The van der Waals surface area contributed by atoms with Gasteiger partial charge in [-0.05, 0) is 31.9 Å². The molecule has 16 heavy (non-hydrogen) atoms. The van der Waals surface area contributed by atoms with Crippen molar-refractivity contribution in [3.63, 3.8) is 0 Å². The highest BCUT2D eigenvalue weighted by molar-refractivity contribution is 5.77. The average Bonchev–Trinajstić information content (AvgIpc) is 3.05. The Labute approximate surface area is 94.6 Å². The first-order chi connectivity index (χ1) is 7.74. The van der Waals surface area contributed by atoms with Gasteiger partial charge in [-0.25, -0.2) is 0 Å². The number of amides is 1. The fraction of sp³-hybridized carbons (Fsp3) is 0.545. The summed E-state index contributed by atoms with van der Waals surface area (Å²) in [6.07, 6.45) is 2.73. The van der Waals surface area contributed by atoms with Gasteiger partial charge in [0.15, 0.2) is 0 Å². The van der Waals surface area contributed by atoms with E-state index in [4.69, 9.17) is 0 Å². The van der Waals surface area contributed by atoms with Crippen molar-refractivity contribution in [3.05, 3.63) is 17.8 Å². The van der Waals surface area contributed by atoms with Crippen LogP contribution in [0.5, 0.6) is 0 Å². The predicted molar refractivity (Wildman–Crippen MR) is 61.0 cm³/mol. The summed E-state index contributed by atoms with van der Waals surface area (Å²) in [7, 11) is 0. The number of aryl methyl sites for hydroxylation is 1. The molecule has 1 amide bonds. The first-order valence-electron chi connectivity index (χ1n) is 5.57. The van der Waals surface area contributed by atoms with E-state index in [9.17, 15) is 4.79 Å². The fourth-order valence-corrected chi connectivity index (χ4v) is 1.32. The molecule has 0 saturated heterocycles. The van der Waals surface area contributed by atoms with E-state index in [-0.39, 0.29) is 5.91 Å². The van der Waals surface area contributed by atoms with Gasteiger partial charge in [-0.15, -0.1) is 5.10 Å². The summed E-state index contributed by atoms with van der Waals surface area (Å²) in [4.78, 5) is 11.4. The molecule has 0 aromatic carbocycles. The van der Waals surface area contributed by atoms with Crippen LogP contribution in [-0.4, -0.2) is 28.7 Å². The second kappa shape index (κ2) is 4.92. The van der Waals surface area contributed by atoms with Crippen LogP contribution < -0.4 is 10.6 Å². The predicted octanol–water partition coefficient (Wildman–Crippen LogP) is 0.866. The number of anilines is 1. The lowest BCUT2D eigenvalue weighted by molar-refractivity contribution is -0.120. The largest absolute Gasteiger partial charge is 0.368 e. The minimum atomic E-state index is 0.107. The van der Waals surface area contributed by atoms with Gasteiger partial charge in [0.25, 0.3) is 0 Å². The van der Waals surface area contributed by atoms with E-state index in [2.05, 4.69) is 20.8 Å². The van der Waals surface area contributed by atoms with Crippen LogP contribution in [0.2, 0.25) is 0 Å². The molecule has 1 aliphatic rings. The van der Waals surface area contributed by atoms with E-state index < -0.39 is 0 Å². The van der Waals surface area contributed by atoms with E-state index in [1.165, 1.54) is 0 Å². The Hall–Kier alpha value is -1.65. The number of rotatable bonds is 5. The number of nitrogens with one attached hydrogen (secondary N) is 2. The number of carbonyl (C=O) groups excluding carboxylic acids is 1. The topological polar surface area (TPSA) is 66.9 Å². The molecule has 1 fully saturated rings. The quantitative estimate of drug-likeness (QED) is 0.772. The third-order valence-corrected chi connectivity index (χ3v) is 2.40. The Morgan fingerprint density at radius 3 is 2.88 bits per heavy atom. The molecule has 1 saturated carbocycles. The summed E-state index contributed by atoms with van der Waals surface area (Å²) in [5.41, 5.74) is 0.886. The molecular formula is C11H16N4O. The highest BCUT2D eigenvalue weighted by Crippen LogP contribution is 2.18. The Bertz CT molecular complexity index is 359. The van der Waals surface area contributed by atoms with Crippen molar-refractivity contribution >= 4 is 11.7 Å². The number of nitrogens with zero attached hydrogens (tertiary/aromatic N) is 2. The van der Waals surface area contributed by atoms with Crippen molar-refractivity contribution in [2.75, 3.05) is 11.9 Å². The fourth-order valence-electron chi connectivity index (χ4n) is 1.32. The molecule has 2 N–H and O–H groups in total. The van der Waals surface area contributed by atoms with Crippen molar-refractivity contribution < 1.29 is 4.79 Å². The minimum Gasteiger partial charge on any atom is -0.368 e. The molecule has 5 heteroatoms. The zero-order chi connectivity index (χ0) is 11.4. The second-order valence-electron chi connectivity index (χ2n) is 4.08. The van der Waals surface area contributed by atoms with Crippen LogP contribution >= 0.6 is 0 Å². The van der Waals surface area contributed by atoms with Crippen LogP contribution in [-0.2, 0) is 4.79 Å². The van der Waals surface area contributed by atoms with E-state index in [1.807, 2.05) is 19.1 Å². The van der Waals surface area contributed by atoms with Crippen LogP contribution in [0.25, 0.3) is 0 Å². The first-order valence-corrected chi connectivity index (χ1v) is 5.57. The smallest absolute Gasteiger partial charge is 0.221 e. The van der Waals surface area contributed by atoms with Gasteiger partial charge < -0.3 is 10.6 Å². The van der Waals surface area contributed by atoms with Crippen LogP contribution in [0.4, 0.5) is 5.82 Å². The minimum absolute atomic E-state index is 0.107. The van der Waals surface area contributed by atoms with Gasteiger partial charge in [0, 0.05) is 19.0 Å². The van der Waals surface area contributed by atoms with Gasteiger partial charge in [-0.3, -0.25) is 4.79 Å². The van der Waals surface area contributed by atoms with Gasteiger partial charge in [-0.1, -0.05) is 0 Å². The molecule has 1 aliphatic carbocycles. The van der Waals surface area contributed by atoms with Crippen molar-refractivity contribution in [3.8, 4) is 0 Å². The maximum Gasteiger partial charge on any atom is 0.221 e. The molecule has 0 atom stereocenters. The van der Waals surface area contributed by atoms with E-state index in [0.29, 0.717) is 24.8 Å². The summed E-state index contributed by atoms with van der Waals surface area (Å²) >= 11 is 0. The molecule has 0 spiro atoms. The summed E-state index contributed by atoms with van der Waals surface area (Å²) < 4.78 is 0. The third kappa shape index (κ3) is 3.49. The van der Waals surface area contributed by atoms with Crippen LogP contribution in [0.1, 0.15) is 25.0 Å². The monoisotopic (exact) mass is 220 g/mol. The normalized spacial score (nSPS) is 14.6. The molecule has 86 valence electrons. The molecular weight excluding hydrogens is 204 g/mol. The summed E-state index contributed by atoms with van der Waals surface area (Å²) in [5.74, 6) is 0.819. The second-order valence-corrected chi connectivity index (χ2v) is 4.08. The summed E-state index contributed by atoms with van der Waals surface area (Å²) in [5, 5.41) is 13.9. The lowest BCUT2D eigenvalue weighted by Gasteiger charge is -2.05. The van der Waals surface area contributed by atoms with Crippen molar-refractivity contribution in [2.45, 2.75) is 32.2 Å². The molecule has 1 aromatic rings. The van der Waals surface area contributed by atoms with Crippen LogP contribution in [0.15, 0.2) is 12.1 Å². The SMILES string of the molecule is Cc1ccc(NCCC(=O)NC2CC2)nn1. The number of hydrogen-bond donors (Lipinski definition) is 2. The molecule has 2 rings (SSSR count). The number of aromatic nitrogens is 2. The maximum absolute atomic E-state index is 11.4. The Balaban J connectivity index is 1.66. The average molecular weight is 220 g/mol. The Kier molecular flexibility index (Phi) is 3.34. The van der Waals surface area contributed by atoms with Crippen molar-refractivity contribution in [1.29, 1.82) is 0 Å². The molecule has 0 bridgehead atoms. The van der Waals surface area contributed by atoms with E-state index >= 15 is 0 Å². The van der Waals surface area contributed by atoms with E-state index in [1.54, 1.807) is 0 Å². The highest BCUT2D eigenvalue weighted by Gasteiger charge is 2.22. The van der Waals surface area contributed by atoms with Crippen LogP contribution in [0.3, 0.4) is 0 Å². The highest BCUT2D eigenvalue weighted by atomic mass is 16.1. The molecule has 1 aromatic heterocycles. The molecule has 0 radical (unpaired) electrons. The van der Waals surface area contributed by atoms with Gasteiger partial charge in [0.05, 0.1) is 5.69 Å². The zero-order valence-corrected chi connectivity index (χ0v) is 9.36. The van der Waals surface area contributed by atoms with Crippen molar-refractivity contribution in [2.24, 2.45) is 0 Å². The summed E-state index contributed by atoms with van der Waals surface area (Å²) in [6, 6.07) is 4.19. The molecule has 1 heterocycles. The summed E-state index contributed by atoms with van der Waals surface area (Å²) in [6.45, 7) is 2.48. The van der Waals surface area contributed by atoms with Crippen molar-refractivity contribution in [1.82, 2.24) is 15.5 Å². The third-order valence-electron chi connectivity index (χ3n) is 2.40. The molecule has 0 unspecified atom stereocenters. The van der Waals surface area contributed by atoms with Crippen LogP contribution in [0, 0.1) is 6.92 Å². The standard InChI is InChI=1S/C11H16N4O/c1-8-2-5-10(15-14-8)12-7-6-11(16)13-9-3-4-9/h2,5,9H,3-4,6-7H2,1H3,(H,12,15)(H,13,16). The van der Waals surface area contributed by atoms with Gasteiger partial charge >= 0.3 is 0 Å². The zero-order valence-electron chi connectivity index (χ0n) is 9.36. The Morgan fingerprint density at radius 1 is 1.44 bits per heavy atom. The van der Waals surface area contributed by atoms with E-state index in [0.717, 1.165) is 18.5 Å². The lowest BCUT2D eigenvalue weighted by Crippen LogP contribution is -2.27. The lowest BCUT2D eigenvalue weighted by atomic mass is 10.3. The maximum atomic E-state index is 11.4. The number of hydrogen-bond acceptors (Lipinski definition) is 4. The molecule has 5 nitrogen and oxygen atoms in total. The molecule has 0 aliphatic heterocycles.